The highest BCUT2D eigenvalue weighted by molar-refractivity contribution is 9.10. The Balaban J connectivity index is 2.37. The van der Waals surface area contributed by atoms with E-state index < -0.39 is 10.0 Å². The molecule has 0 fully saturated rings. The van der Waals surface area contributed by atoms with Gasteiger partial charge in [0.05, 0.1) is 10.6 Å². The Morgan fingerprint density at radius 1 is 1.24 bits per heavy atom. The van der Waals surface area contributed by atoms with E-state index in [2.05, 4.69) is 20.7 Å². The fourth-order valence-electron chi connectivity index (χ4n) is 1.84. The van der Waals surface area contributed by atoms with Gasteiger partial charge in [-0.25, -0.2) is 8.42 Å². The van der Waals surface area contributed by atoms with Crippen LogP contribution in [0.15, 0.2) is 50.7 Å². The van der Waals surface area contributed by atoms with Crippen LogP contribution in [0.3, 0.4) is 0 Å². The Bertz CT molecular complexity index is 828. The van der Waals surface area contributed by atoms with Crippen molar-refractivity contribution in [3.05, 3.63) is 56.9 Å². The van der Waals surface area contributed by atoms with Gasteiger partial charge in [-0.2, -0.15) is 0 Å². The first-order chi connectivity index (χ1) is 9.83. The predicted octanol–water partition coefficient (Wildman–Crippen LogP) is 2.74. The summed E-state index contributed by atoms with van der Waals surface area (Å²) in [5.41, 5.74) is 1.02. The Morgan fingerprint density at radius 3 is 2.57 bits per heavy atom. The summed E-state index contributed by atoms with van der Waals surface area (Å²) in [4.78, 5) is 11.7. The monoisotopic (exact) mass is 370 g/mol. The first kappa shape index (κ1) is 15.8. The van der Waals surface area contributed by atoms with E-state index in [-0.39, 0.29) is 10.5 Å². The van der Waals surface area contributed by atoms with Gasteiger partial charge in [0, 0.05) is 23.3 Å². The second-order valence-electron chi connectivity index (χ2n) is 4.56. The molecule has 1 aromatic carbocycles. The highest BCUT2D eigenvalue weighted by Crippen LogP contribution is 2.21. The zero-order valence-electron chi connectivity index (χ0n) is 11.6. The molecule has 0 atom stereocenters. The molecule has 0 aliphatic carbocycles. The quantitative estimate of drug-likeness (QED) is 0.899. The van der Waals surface area contributed by atoms with E-state index in [1.54, 1.807) is 12.1 Å². The number of aromatic nitrogens is 1. The normalized spacial score (nSPS) is 11.4. The van der Waals surface area contributed by atoms with E-state index in [1.807, 2.05) is 13.8 Å². The molecule has 0 saturated heterocycles. The summed E-state index contributed by atoms with van der Waals surface area (Å²) in [6.45, 7) is 4.12. The first-order valence-electron chi connectivity index (χ1n) is 6.33. The molecule has 0 aliphatic rings. The highest BCUT2D eigenvalue weighted by atomic mass is 79.9. The fraction of sp³-hybridized carbons (Fsp3) is 0.214. The van der Waals surface area contributed by atoms with Gasteiger partial charge >= 0.3 is 0 Å². The van der Waals surface area contributed by atoms with E-state index in [4.69, 9.17) is 0 Å². The van der Waals surface area contributed by atoms with E-state index in [0.717, 1.165) is 10.0 Å². The molecule has 21 heavy (non-hydrogen) atoms. The summed E-state index contributed by atoms with van der Waals surface area (Å²) in [5, 5.41) is 0. The van der Waals surface area contributed by atoms with Crippen LogP contribution >= 0.6 is 15.9 Å². The SMILES string of the molecule is CCn1cc(NS(=O)(=O)c2ccc(Br)c(C)c2)ccc1=O. The van der Waals surface area contributed by atoms with Gasteiger partial charge in [-0.1, -0.05) is 15.9 Å². The van der Waals surface area contributed by atoms with Crippen LogP contribution in [0, 0.1) is 6.92 Å². The number of benzene rings is 1. The molecule has 2 aromatic rings. The van der Waals surface area contributed by atoms with Gasteiger partial charge in [0.1, 0.15) is 0 Å². The number of halogens is 1. The minimum Gasteiger partial charge on any atom is -0.314 e. The largest absolute Gasteiger partial charge is 0.314 e. The number of aryl methyl sites for hydroxylation is 2. The molecule has 0 aliphatic heterocycles. The van der Waals surface area contributed by atoms with Crippen molar-refractivity contribution in [3.63, 3.8) is 0 Å². The summed E-state index contributed by atoms with van der Waals surface area (Å²) in [6.07, 6.45) is 1.49. The molecule has 112 valence electrons. The van der Waals surface area contributed by atoms with E-state index in [1.165, 1.54) is 29.0 Å². The van der Waals surface area contributed by atoms with Gasteiger partial charge in [0.2, 0.25) is 0 Å². The zero-order chi connectivity index (χ0) is 15.6. The van der Waals surface area contributed by atoms with Crippen molar-refractivity contribution < 1.29 is 8.42 Å². The third-order valence-electron chi connectivity index (χ3n) is 3.02. The maximum Gasteiger partial charge on any atom is 0.261 e. The zero-order valence-corrected chi connectivity index (χ0v) is 14.0. The number of hydrogen-bond donors (Lipinski definition) is 1. The summed E-state index contributed by atoms with van der Waals surface area (Å²) >= 11 is 3.34. The fourth-order valence-corrected chi connectivity index (χ4v) is 3.21. The third kappa shape index (κ3) is 3.54. The standard InChI is InChI=1S/C14H15BrN2O3S/c1-3-17-9-11(4-7-14(17)18)16-21(19,20)12-5-6-13(15)10(2)8-12/h4-9,16H,3H2,1-2H3. The Hall–Kier alpha value is -1.60. The van der Waals surface area contributed by atoms with Crippen molar-refractivity contribution in [2.24, 2.45) is 0 Å². The minimum absolute atomic E-state index is 0.167. The maximum absolute atomic E-state index is 12.3. The molecular formula is C14H15BrN2O3S. The average Bonchev–Trinajstić information content (AvgIpc) is 2.43. The van der Waals surface area contributed by atoms with E-state index >= 15 is 0 Å². The summed E-state index contributed by atoms with van der Waals surface area (Å²) in [5.74, 6) is 0. The molecule has 0 spiro atoms. The van der Waals surface area contributed by atoms with E-state index in [9.17, 15) is 13.2 Å². The molecule has 1 aromatic heterocycles. The lowest BCUT2D eigenvalue weighted by atomic mass is 10.2. The Morgan fingerprint density at radius 2 is 1.95 bits per heavy atom. The Kier molecular flexibility index (Phi) is 4.53. The first-order valence-corrected chi connectivity index (χ1v) is 8.60. The van der Waals surface area contributed by atoms with Gasteiger partial charge in [0.25, 0.3) is 15.6 Å². The van der Waals surface area contributed by atoms with Gasteiger partial charge in [0.15, 0.2) is 0 Å². The lowest BCUT2D eigenvalue weighted by molar-refractivity contribution is 0.601. The van der Waals surface area contributed by atoms with Crippen LogP contribution in [-0.4, -0.2) is 13.0 Å². The third-order valence-corrected chi connectivity index (χ3v) is 5.28. The second-order valence-corrected chi connectivity index (χ2v) is 7.10. The van der Waals surface area contributed by atoms with Gasteiger partial charge < -0.3 is 4.57 Å². The number of pyridine rings is 1. The van der Waals surface area contributed by atoms with Crippen LogP contribution < -0.4 is 10.3 Å². The summed E-state index contributed by atoms with van der Waals surface area (Å²) in [6, 6.07) is 7.60. The van der Waals surface area contributed by atoms with Crippen LogP contribution in [-0.2, 0) is 16.6 Å². The van der Waals surface area contributed by atoms with Crippen LogP contribution in [0.5, 0.6) is 0 Å². The number of sulfonamides is 1. The molecule has 0 saturated carbocycles. The van der Waals surface area contributed by atoms with Gasteiger partial charge in [-0.15, -0.1) is 0 Å². The highest BCUT2D eigenvalue weighted by Gasteiger charge is 2.15. The number of nitrogens with one attached hydrogen (secondary N) is 1. The van der Waals surface area contributed by atoms with Gasteiger partial charge in [-0.05, 0) is 43.7 Å². The van der Waals surface area contributed by atoms with E-state index in [0.29, 0.717) is 12.2 Å². The minimum atomic E-state index is -3.68. The van der Waals surface area contributed by atoms with Crippen molar-refractivity contribution in [1.82, 2.24) is 4.57 Å². The number of rotatable bonds is 4. The number of hydrogen-bond acceptors (Lipinski definition) is 3. The maximum atomic E-state index is 12.3. The van der Waals surface area contributed by atoms with Crippen molar-refractivity contribution in [3.8, 4) is 0 Å². The molecule has 5 nitrogen and oxygen atoms in total. The van der Waals surface area contributed by atoms with Crippen LogP contribution in [0.2, 0.25) is 0 Å². The molecule has 0 radical (unpaired) electrons. The van der Waals surface area contributed by atoms with Crippen LogP contribution in [0.4, 0.5) is 5.69 Å². The predicted molar refractivity (Wildman–Crippen MR) is 86.1 cm³/mol. The molecule has 1 heterocycles. The molecule has 2 rings (SSSR count). The van der Waals surface area contributed by atoms with Crippen molar-refractivity contribution in [1.29, 1.82) is 0 Å². The molecule has 7 heteroatoms. The average molecular weight is 371 g/mol. The molecule has 1 N–H and O–H groups in total. The summed E-state index contributed by atoms with van der Waals surface area (Å²) < 4.78 is 29.4. The number of nitrogens with zero attached hydrogens (tertiary/aromatic N) is 1. The lowest BCUT2D eigenvalue weighted by Crippen LogP contribution is -2.20. The van der Waals surface area contributed by atoms with Gasteiger partial charge in [-0.3, -0.25) is 9.52 Å². The van der Waals surface area contributed by atoms with Crippen molar-refractivity contribution >= 4 is 31.6 Å². The second kappa shape index (κ2) is 6.03. The smallest absolute Gasteiger partial charge is 0.261 e. The molecule has 0 amide bonds. The molecule has 0 unspecified atom stereocenters. The topological polar surface area (TPSA) is 68.2 Å². The van der Waals surface area contributed by atoms with Crippen LogP contribution in [0.25, 0.3) is 0 Å². The van der Waals surface area contributed by atoms with Crippen LogP contribution in [0.1, 0.15) is 12.5 Å². The molecule has 0 bridgehead atoms. The Labute approximate surface area is 131 Å². The number of anilines is 1. The lowest BCUT2D eigenvalue weighted by Gasteiger charge is -2.10. The van der Waals surface area contributed by atoms with Crippen molar-refractivity contribution in [2.45, 2.75) is 25.3 Å². The summed E-state index contributed by atoms with van der Waals surface area (Å²) in [7, 11) is -3.68. The molecular weight excluding hydrogens is 356 g/mol. The van der Waals surface area contributed by atoms with Crippen molar-refractivity contribution in [2.75, 3.05) is 4.72 Å².